The van der Waals surface area contributed by atoms with Crippen LogP contribution in [0.3, 0.4) is 0 Å². The number of benzene rings is 2. The number of ether oxygens (including phenoxy) is 1. The normalized spacial score (nSPS) is 11.5. The molecular formula is C19H16N4O5. The number of nitro groups is 1. The van der Waals surface area contributed by atoms with E-state index in [-0.39, 0.29) is 17.1 Å². The van der Waals surface area contributed by atoms with E-state index in [1.165, 1.54) is 31.2 Å². The van der Waals surface area contributed by atoms with Gasteiger partial charge in [0.1, 0.15) is 11.4 Å². The first kappa shape index (κ1) is 18.8. The number of carbonyl (C=O) groups is 2. The van der Waals surface area contributed by atoms with Crippen LogP contribution in [0.4, 0.5) is 11.4 Å². The molecule has 0 aliphatic rings. The maximum atomic E-state index is 12.3. The third kappa shape index (κ3) is 4.21. The van der Waals surface area contributed by atoms with Gasteiger partial charge >= 0.3 is 5.97 Å². The summed E-state index contributed by atoms with van der Waals surface area (Å²) in [6, 6.07) is 16.5. The number of rotatable bonds is 6. The highest BCUT2D eigenvalue weighted by molar-refractivity contribution is 5.98. The van der Waals surface area contributed by atoms with Crippen molar-refractivity contribution in [3.8, 4) is 11.3 Å². The van der Waals surface area contributed by atoms with Crippen molar-refractivity contribution in [1.82, 2.24) is 10.2 Å². The van der Waals surface area contributed by atoms with E-state index in [9.17, 15) is 19.7 Å². The molecule has 142 valence electrons. The molecule has 28 heavy (non-hydrogen) atoms. The van der Waals surface area contributed by atoms with Gasteiger partial charge in [-0.3, -0.25) is 20.0 Å². The summed E-state index contributed by atoms with van der Waals surface area (Å²) in [6.45, 7) is 1.37. The molecule has 1 amide bonds. The number of nitro benzene ring substituents is 1. The van der Waals surface area contributed by atoms with Gasteiger partial charge in [-0.2, -0.15) is 5.10 Å². The molecule has 0 saturated heterocycles. The fourth-order valence-electron chi connectivity index (χ4n) is 2.43. The Morgan fingerprint density at radius 2 is 1.82 bits per heavy atom. The van der Waals surface area contributed by atoms with Crippen LogP contribution in [0.5, 0.6) is 0 Å². The third-order valence-electron chi connectivity index (χ3n) is 3.88. The number of hydrogen-bond donors (Lipinski definition) is 2. The van der Waals surface area contributed by atoms with Gasteiger partial charge in [0.25, 0.3) is 11.6 Å². The lowest BCUT2D eigenvalue weighted by molar-refractivity contribution is -0.383. The number of hydrogen-bond acceptors (Lipinski definition) is 6. The van der Waals surface area contributed by atoms with Gasteiger partial charge in [-0.05, 0) is 19.1 Å². The monoisotopic (exact) mass is 380 g/mol. The molecule has 1 aromatic heterocycles. The van der Waals surface area contributed by atoms with Gasteiger partial charge in [-0.1, -0.05) is 42.5 Å². The molecule has 0 saturated carbocycles. The molecule has 9 nitrogen and oxygen atoms in total. The van der Waals surface area contributed by atoms with Crippen LogP contribution in [0, 0.1) is 10.1 Å². The molecule has 0 aliphatic heterocycles. The topological polar surface area (TPSA) is 127 Å². The summed E-state index contributed by atoms with van der Waals surface area (Å²) < 4.78 is 5.13. The van der Waals surface area contributed by atoms with Gasteiger partial charge in [-0.15, -0.1) is 0 Å². The molecule has 9 heteroatoms. The van der Waals surface area contributed by atoms with E-state index in [0.717, 1.165) is 5.56 Å². The van der Waals surface area contributed by atoms with Crippen molar-refractivity contribution in [2.75, 3.05) is 5.32 Å². The average molecular weight is 380 g/mol. The quantitative estimate of drug-likeness (QED) is 0.384. The highest BCUT2D eigenvalue weighted by Gasteiger charge is 2.23. The molecule has 2 aromatic carbocycles. The van der Waals surface area contributed by atoms with E-state index in [1.54, 1.807) is 6.07 Å². The van der Waals surface area contributed by atoms with E-state index in [0.29, 0.717) is 5.69 Å². The maximum Gasteiger partial charge on any atom is 0.357 e. The summed E-state index contributed by atoms with van der Waals surface area (Å²) in [4.78, 5) is 34.9. The number of aromatic nitrogens is 2. The van der Waals surface area contributed by atoms with Crippen LogP contribution in [-0.4, -0.2) is 33.1 Å². The van der Waals surface area contributed by atoms with Crippen LogP contribution in [-0.2, 0) is 9.53 Å². The standard InChI is InChI=1S/C19H16N4O5/c1-12(18(24)20-14-9-5-6-10-17(14)23(26)27)28-19(25)16-11-15(21-22-16)13-7-3-2-4-8-13/h2-12H,1H3,(H,20,24)(H,21,22)/t12-/m0/s1. The minimum absolute atomic E-state index is 0.0216. The predicted octanol–water partition coefficient (Wildman–Crippen LogP) is 3.17. The van der Waals surface area contributed by atoms with Gasteiger partial charge in [0.2, 0.25) is 0 Å². The Bertz CT molecular complexity index is 1020. The Hall–Kier alpha value is -4.01. The summed E-state index contributed by atoms with van der Waals surface area (Å²) in [5, 5.41) is 20.0. The zero-order valence-corrected chi connectivity index (χ0v) is 14.8. The van der Waals surface area contributed by atoms with Crippen molar-refractivity contribution in [1.29, 1.82) is 0 Å². The van der Waals surface area contributed by atoms with Crippen molar-refractivity contribution in [2.24, 2.45) is 0 Å². The molecule has 0 fully saturated rings. The number of anilines is 1. The number of nitrogens with zero attached hydrogens (tertiary/aromatic N) is 2. The summed E-state index contributed by atoms with van der Waals surface area (Å²) >= 11 is 0. The van der Waals surface area contributed by atoms with E-state index in [1.807, 2.05) is 30.3 Å². The van der Waals surface area contributed by atoms with Crippen LogP contribution in [0.15, 0.2) is 60.7 Å². The number of aromatic amines is 1. The van der Waals surface area contributed by atoms with Crippen LogP contribution in [0.25, 0.3) is 11.3 Å². The molecule has 0 radical (unpaired) electrons. The van der Waals surface area contributed by atoms with E-state index in [2.05, 4.69) is 15.5 Å². The molecule has 0 aliphatic carbocycles. The first-order valence-corrected chi connectivity index (χ1v) is 8.32. The Labute approximate surface area is 159 Å². The number of amides is 1. The second kappa shape index (κ2) is 8.12. The maximum absolute atomic E-state index is 12.3. The zero-order valence-electron chi connectivity index (χ0n) is 14.8. The Balaban J connectivity index is 1.65. The molecular weight excluding hydrogens is 364 g/mol. The van der Waals surface area contributed by atoms with Crippen LogP contribution >= 0.6 is 0 Å². The summed E-state index contributed by atoms with van der Waals surface area (Å²) in [6.07, 6.45) is -1.17. The number of para-hydroxylation sites is 2. The molecule has 1 atom stereocenters. The minimum atomic E-state index is -1.17. The van der Waals surface area contributed by atoms with Gasteiger partial charge in [0.05, 0.1) is 10.6 Å². The molecule has 3 rings (SSSR count). The highest BCUT2D eigenvalue weighted by Crippen LogP contribution is 2.23. The second-order valence-electron chi connectivity index (χ2n) is 5.84. The van der Waals surface area contributed by atoms with Crippen LogP contribution in [0.2, 0.25) is 0 Å². The van der Waals surface area contributed by atoms with E-state index < -0.39 is 22.9 Å². The molecule has 3 aromatic rings. The van der Waals surface area contributed by atoms with Crippen LogP contribution < -0.4 is 5.32 Å². The Morgan fingerprint density at radius 1 is 1.14 bits per heavy atom. The molecule has 0 spiro atoms. The highest BCUT2D eigenvalue weighted by atomic mass is 16.6. The SMILES string of the molecule is C[C@H](OC(=O)c1cc(-c2ccccc2)n[nH]1)C(=O)Nc1ccccc1[N+](=O)[O-]. The van der Waals surface area contributed by atoms with Gasteiger partial charge in [0.15, 0.2) is 6.10 Å². The van der Waals surface area contributed by atoms with Gasteiger partial charge in [0, 0.05) is 11.6 Å². The lowest BCUT2D eigenvalue weighted by atomic mass is 10.1. The summed E-state index contributed by atoms with van der Waals surface area (Å²) in [7, 11) is 0. The largest absolute Gasteiger partial charge is 0.448 e. The fourth-order valence-corrected chi connectivity index (χ4v) is 2.43. The second-order valence-corrected chi connectivity index (χ2v) is 5.84. The molecule has 0 unspecified atom stereocenters. The summed E-state index contributed by atoms with van der Waals surface area (Å²) in [5.41, 5.74) is 1.23. The first-order valence-electron chi connectivity index (χ1n) is 8.32. The van der Waals surface area contributed by atoms with E-state index >= 15 is 0 Å². The van der Waals surface area contributed by atoms with Crippen molar-refractivity contribution in [3.05, 3.63) is 76.5 Å². The van der Waals surface area contributed by atoms with Gasteiger partial charge in [-0.25, -0.2) is 4.79 Å². The van der Waals surface area contributed by atoms with E-state index in [4.69, 9.17) is 4.74 Å². The lowest BCUT2D eigenvalue weighted by Gasteiger charge is -2.12. The van der Waals surface area contributed by atoms with Gasteiger partial charge < -0.3 is 10.1 Å². The van der Waals surface area contributed by atoms with Crippen LogP contribution in [0.1, 0.15) is 17.4 Å². The predicted molar refractivity (Wildman–Crippen MR) is 101 cm³/mol. The molecule has 2 N–H and O–H groups in total. The Kier molecular flexibility index (Phi) is 5.45. The molecule has 1 heterocycles. The smallest absolute Gasteiger partial charge is 0.357 e. The van der Waals surface area contributed by atoms with Crippen molar-refractivity contribution >= 4 is 23.3 Å². The number of carbonyl (C=O) groups excluding carboxylic acids is 2. The van der Waals surface area contributed by atoms with Crippen molar-refractivity contribution < 1.29 is 19.2 Å². The number of nitrogens with one attached hydrogen (secondary N) is 2. The van der Waals surface area contributed by atoms with Crippen molar-refractivity contribution in [2.45, 2.75) is 13.0 Å². The first-order chi connectivity index (χ1) is 13.5. The van der Waals surface area contributed by atoms with Crippen molar-refractivity contribution in [3.63, 3.8) is 0 Å². The fraction of sp³-hybridized carbons (Fsp3) is 0.105. The zero-order chi connectivity index (χ0) is 20.1. The third-order valence-corrected chi connectivity index (χ3v) is 3.88. The summed E-state index contributed by atoms with van der Waals surface area (Å²) in [5.74, 6) is -1.45. The number of esters is 1. The minimum Gasteiger partial charge on any atom is -0.448 e. The molecule has 0 bridgehead atoms. The lowest BCUT2D eigenvalue weighted by Crippen LogP contribution is -2.30. The number of H-pyrrole nitrogens is 1. The average Bonchev–Trinajstić information content (AvgIpc) is 3.19. The Morgan fingerprint density at radius 3 is 2.54 bits per heavy atom.